The van der Waals surface area contributed by atoms with Crippen molar-refractivity contribution in [2.45, 2.75) is 31.1 Å². The first-order valence-corrected chi connectivity index (χ1v) is 5.42. The summed E-state index contributed by atoms with van der Waals surface area (Å²) in [4.78, 5) is 27.2. The first-order valence-electron chi connectivity index (χ1n) is 5.42. The minimum absolute atomic E-state index is 0.0123. The molecule has 3 aliphatic rings. The van der Waals surface area contributed by atoms with Crippen LogP contribution in [0.2, 0.25) is 0 Å². The van der Waals surface area contributed by atoms with Crippen molar-refractivity contribution in [2.75, 3.05) is 6.61 Å². The second-order valence-electron chi connectivity index (χ2n) is 4.27. The summed E-state index contributed by atoms with van der Waals surface area (Å²) in [5.41, 5.74) is 8.51. The highest BCUT2D eigenvalue weighted by Gasteiger charge is 2.54. The van der Waals surface area contributed by atoms with E-state index in [4.69, 9.17) is 15.0 Å². The summed E-state index contributed by atoms with van der Waals surface area (Å²) in [5, 5.41) is 11.7. The molecule has 0 saturated carbocycles. The molecule has 0 aromatic heterocycles. The molecule has 3 heterocycles. The summed E-state index contributed by atoms with van der Waals surface area (Å²) in [6.07, 6.45) is -2.84. The van der Waals surface area contributed by atoms with Crippen molar-refractivity contribution in [2.24, 2.45) is 0 Å². The number of hydrogen-bond donors (Lipinski definition) is 2. The summed E-state index contributed by atoms with van der Waals surface area (Å²) in [7, 11) is 0. The minimum Gasteiger partial charge on any atom is -0.390 e. The lowest BCUT2D eigenvalue weighted by molar-refractivity contribution is -0.128. The average molecular weight is 254 g/mol. The van der Waals surface area contributed by atoms with Crippen molar-refractivity contribution in [1.82, 2.24) is 10.2 Å². The fourth-order valence-corrected chi connectivity index (χ4v) is 2.33. The maximum atomic E-state index is 11.8. The molecule has 18 heavy (non-hydrogen) atoms. The van der Waals surface area contributed by atoms with Gasteiger partial charge >= 0.3 is 17.6 Å². The zero-order valence-corrected chi connectivity index (χ0v) is 9.15. The van der Waals surface area contributed by atoms with Gasteiger partial charge < -0.3 is 20.1 Å². The molecule has 3 amide bonds. The molecule has 2 bridgehead atoms. The number of carbonyl (C=O) groups is 2. The molecule has 3 aliphatic heterocycles. The van der Waals surface area contributed by atoms with E-state index in [1.54, 1.807) is 0 Å². The van der Waals surface area contributed by atoms with Gasteiger partial charge in [0.1, 0.15) is 12.3 Å². The van der Waals surface area contributed by atoms with Crippen molar-refractivity contribution in [3.8, 4) is 0 Å². The van der Waals surface area contributed by atoms with E-state index in [-0.39, 0.29) is 18.7 Å². The number of nitrogens with one attached hydrogen (secondary N) is 1. The van der Waals surface area contributed by atoms with Crippen LogP contribution >= 0.6 is 0 Å². The third-order valence-corrected chi connectivity index (χ3v) is 3.21. The van der Waals surface area contributed by atoms with E-state index in [9.17, 15) is 14.7 Å². The van der Waals surface area contributed by atoms with Crippen LogP contribution in [-0.4, -0.2) is 63.7 Å². The standard InChI is InChI=1S/C9H10N4O5/c10-12-6-7(15)11-9(16)13-5-1-3(14)4(18-5)2-17-8(6)13/h3-5,8,14H,1-2H2,(H,11,15,16)/t3-,4-,5-,8-/m1/s1. The molecule has 0 radical (unpaired) electrons. The lowest BCUT2D eigenvalue weighted by Gasteiger charge is -2.33. The number of imide groups is 1. The van der Waals surface area contributed by atoms with Gasteiger partial charge in [0.25, 0.3) is 0 Å². The zero-order valence-electron chi connectivity index (χ0n) is 9.15. The van der Waals surface area contributed by atoms with Gasteiger partial charge in [-0.05, 0) is 0 Å². The molecule has 0 aliphatic carbocycles. The Morgan fingerprint density at radius 1 is 1.50 bits per heavy atom. The lowest BCUT2D eigenvalue weighted by atomic mass is 10.1. The molecular weight excluding hydrogens is 244 g/mol. The number of ether oxygens (including phenoxy) is 2. The third kappa shape index (κ3) is 1.46. The van der Waals surface area contributed by atoms with Crippen LogP contribution in [0.25, 0.3) is 5.53 Å². The number of nitrogens with zero attached hydrogens (tertiary/aromatic N) is 3. The Morgan fingerprint density at radius 3 is 3.00 bits per heavy atom. The molecule has 0 unspecified atom stereocenters. The Labute approximate surface area is 101 Å². The molecule has 3 fully saturated rings. The Morgan fingerprint density at radius 2 is 2.28 bits per heavy atom. The number of aliphatic hydroxyl groups is 1. The predicted octanol–water partition coefficient (Wildman–Crippen LogP) is -1.96. The fraction of sp³-hybridized carbons (Fsp3) is 0.667. The molecule has 9 heteroatoms. The van der Waals surface area contributed by atoms with Crippen molar-refractivity contribution in [3.05, 3.63) is 5.53 Å². The normalized spacial score (nSPS) is 38.9. The highest BCUT2D eigenvalue weighted by atomic mass is 16.6. The van der Waals surface area contributed by atoms with E-state index < -0.39 is 36.6 Å². The highest BCUT2D eigenvalue weighted by Crippen LogP contribution is 2.30. The number of rotatable bonds is 0. The Kier molecular flexibility index (Phi) is 2.42. The smallest absolute Gasteiger partial charge is 0.390 e. The summed E-state index contributed by atoms with van der Waals surface area (Å²) in [5.74, 6) is -0.804. The largest absolute Gasteiger partial charge is 0.405 e. The zero-order chi connectivity index (χ0) is 12.9. The van der Waals surface area contributed by atoms with Gasteiger partial charge in [-0.25, -0.2) is 4.79 Å². The van der Waals surface area contributed by atoms with Crippen LogP contribution in [0.1, 0.15) is 6.42 Å². The van der Waals surface area contributed by atoms with Crippen molar-refractivity contribution in [1.29, 1.82) is 0 Å². The number of aliphatic hydroxyl groups excluding tert-OH is 1. The van der Waals surface area contributed by atoms with E-state index in [0.717, 1.165) is 4.90 Å². The summed E-state index contributed by atoms with van der Waals surface area (Å²) in [6, 6.07) is -0.697. The molecule has 2 N–H and O–H groups in total. The fourth-order valence-electron chi connectivity index (χ4n) is 2.33. The molecule has 0 aromatic carbocycles. The molecule has 96 valence electrons. The van der Waals surface area contributed by atoms with Crippen molar-refractivity contribution >= 4 is 17.6 Å². The predicted molar refractivity (Wildman–Crippen MR) is 53.0 cm³/mol. The van der Waals surface area contributed by atoms with Crippen LogP contribution < -0.4 is 5.32 Å². The van der Waals surface area contributed by atoms with E-state index >= 15 is 0 Å². The maximum Gasteiger partial charge on any atom is 0.405 e. The van der Waals surface area contributed by atoms with Crippen molar-refractivity contribution in [3.63, 3.8) is 0 Å². The summed E-state index contributed by atoms with van der Waals surface area (Å²) >= 11 is 0. The van der Waals surface area contributed by atoms with Crippen LogP contribution in [0.3, 0.4) is 0 Å². The van der Waals surface area contributed by atoms with Gasteiger partial charge in [0, 0.05) is 6.42 Å². The second-order valence-corrected chi connectivity index (χ2v) is 4.27. The topological polar surface area (TPSA) is 124 Å². The van der Waals surface area contributed by atoms with Gasteiger partial charge in [-0.1, -0.05) is 0 Å². The van der Waals surface area contributed by atoms with E-state index in [2.05, 4.69) is 4.79 Å². The molecule has 3 rings (SSSR count). The van der Waals surface area contributed by atoms with Crippen LogP contribution in [0, 0.1) is 0 Å². The second kappa shape index (κ2) is 3.85. The number of hydrogen-bond acceptors (Lipinski definition) is 5. The maximum absolute atomic E-state index is 11.8. The van der Waals surface area contributed by atoms with Crippen LogP contribution in [0.4, 0.5) is 4.79 Å². The van der Waals surface area contributed by atoms with Gasteiger partial charge in [0.2, 0.25) is 6.23 Å². The lowest BCUT2D eigenvalue weighted by Crippen LogP contribution is -2.64. The van der Waals surface area contributed by atoms with E-state index in [1.165, 1.54) is 0 Å². The Bertz CT molecular complexity index is 474. The van der Waals surface area contributed by atoms with Gasteiger partial charge in [-0.2, -0.15) is 4.79 Å². The molecule has 0 aromatic rings. The Balaban J connectivity index is 1.99. The summed E-state index contributed by atoms with van der Waals surface area (Å²) in [6.45, 7) is 0.0123. The van der Waals surface area contributed by atoms with Crippen LogP contribution in [0.5, 0.6) is 0 Å². The molecule has 4 atom stereocenters. The summed E-state index contributed by atoms with van der Waals surface area (Å²) < 4.78 is 10.8. The molecule has 3 saturated heterocycles. The van der Waals surface area contributed by atoms with Crippen molar-refractivity contribution < 1.29 is 29.0 Å². The first kappa shape index (κ1) is 11.3. The highest BCUT2D eigenvalue weighted by molar-refractivity contribution is 6.42. The third-order valence-electron chi connectivity index (χ3n) is 3.21. The first-order chi connectivity index (χ1) is 8.61. The molecular formula is C9H10N4O5. The number of urea groups is 1. The quantitative estimate of drug-likeness (QED) is 0.383. The number of amides is 3. The van der Waals surface area contributed by atoms with Gasteiger partial charge in [0.05, 0.1) is 12.7 Å². The van der Waals surface area contributed by atoms with Gasteiger partial charge in [-0.15, -0.1) is 0 Å². The average Bonchev–Trinajstić information content (AvgIpc) is 2.55. The van der Waals surface area contributed by atoms with Crippen LogP contribution in [0.15, 0.2) is 0 Å². The molecule has 9 nitrogen and oxygen atoms in total. The van der Waals surface area contributed by atoms with Crippen LogP contribution in [-0.2, 0) is 14.3 Å². The SMILES string of the molecule is [N-]=[N+]=C1C(=O)NC(=O)N2[C@@H]1OC[C@H]1O[C@@H]2C[C@H]1O. The number of carbonyl (C=O) groups excluding carboxylic acids is 2. The number of fused-ring (bicyclic) bond motifs is 4. The minimum atomic E-state index is -1.08. The molecule has 0 spiro atoms. The van der Waals surface area contributed by atoms with E-state index in [1.807, 2.05) is 5.32 Å². The van der Waals surface area contributed by atoms with E-state index in [0.29, 0.717) is 0 Å². The Hall–Kier alpha value is -1.80. The van der Waals surface area contributed by atoms with Gasteiger partial charge in [-0.3, -0.25) is 15.0 Å². The monoisotopic (exact) mass is 254 g/mol. The van der Waals surface area contributed by atoms with Gasteiger partial charge in [0.15, 0.2) is 0 Å².